The van der Waals surface area contributed by atoms with Crippen molar-refractivity contribution in [2.75, 3.05) is 11.9 Å². The predicted molar refractivity (Wildman–Crippen MR) is 84.4 cm³/mol. The minimum absolute atomic E-state index is 0.0187. The van der Waals surface area contributed by atoms with E-state index in [1.165, 1.54) is 19.3 Å². The summed E-state index contributed by atoms with van der Waals surface area (Å²) >= 11 is 0. The van der Waals surface area contributed by atoms with Crippen LogP contribution in [0, 0.1) is 0 Å². The topological polar surface area (TPSA) is 84.0 Å². The summed E-state index contributed by atoms with van der Waals surface area (Å²) < 4.78 is 0. The van der Waals surface area contributed by atoms with Gasteiger partial charge in [-0.2, -0.15) is 0 Å². The Kier molecular flexibility index (Phi) is 5.19. The Morgan fingerprint density at radius 3 is 2.23 bits per heavy atom. The summed E-state index contributed by atoms with van der Waals surface area (Å²) in [4.78, 5) is 31.2. The molecule has 0 saturated carbocycles. The van der Waals surface area contributed by atoms with Gasteiger partial charge in [0.25, 0.3) is 5.91 Å². The number of nitrogens with one attached hydrogen (secondary N) is 2. The number of aromatic nitrogens is 2. The van der Waals surface area contributed by atoms with Gasteiger partial charge in [0, 0.05) is 30.2 Å². The first kappa shape index (κ1) is 15.6. The number of ketones is 1. The molecule has 1 amide bonds. The zero-order valence-corrected chi connectivity index (χ0v) is 12.6. The Morgan fingerprint density at radius 1 is 1.05 bits per heavy atom. The highest BCUT2D eigenvalue weighted by Gasteiger charge is 2.06. The highest BCUT2D eigenvalue weighted by molar-refractivity contribution is 5.94. The van der Waals surface area contributed by atoms with E-state index in [4.69, 9.17) is 0 Å². The van der Waals surface area contributed by atoms with E-state index in [1.54, 1.807) is 24.3 Å². The summed E-state index contributed by atoms with van der Waals surface area (Å²) in [6, 6.07) is 7.03. The number of carbonyl (C=O) groups excluding carboxylic acids is 2. The zero-order chi connectivity index (χ0) is 15.9. The van der Waals surface area contributed by atoms with Gasteiger partial charge in [-0.25, -0.2) is 9.97 Å². The molecule has 6 heteroatoms. The second kappa shape index (κ2) is 7.31. The van der Waals surface area contributed by atoms with Crippen molar-refractivity contribution in [3.63, 3.8) is 0 Å². The molecule has 1 aromatic heterocycles. The fourth-order valence-corrected chi connectivity index (χ4v) is 1.77. The van der Waals surface area contributed by atoms with Gasteiger partial charge in [-0.05, 0) is 37.6 Å². The Balaban J connectivity index is 2.01. The minimum Gasteiger partial charge on any atom is -0.352 e. The van der Waals surface area contributed by atoms with Crippen LogP contribution in [-0.4, -0.2) is 28.2 Å². The van der Waals surface area contributed by atoms with Crippen LogP contribution in [0.4, 0.5) is 11.6 Å². The highest BCUT2D eigenvalue weighted by atomic mass is 16.1. The Hall–Kier alpha value is -2.76. The van der Waals surface area contributed by atoms with E-state index in [0.29, 0.717) is 23.6 Å². The third-order valence-corrected chi connectivity index (χ3v) is 3.00. The third-order valence-electron chi connectivity index (χ3n) is 3.00. The smallest absolute Gasteiger partial charge is 0.254 e. The molecule has 0 radical (unpaired) electrons. The molecule has 0 aliphatic rings. The molecule has 6 nitrogen and oxygen atoms in total. The average molecular weight is 298 g/mol. The van der Waals surface area contributed by atoms with Crippen LogP contribution in [-0.2, 0) is 0 Å². The monoisotopic (exact) mass is 298 g/mol. The molecule has 22 heavy (non-hydrogen) atoms. The molecule has 1 heterocycles. The van der Waals surface area contributed by atoms with Gasteiger partial charge in [0.05, 0.1) is 5.56 Å². The highest BCUT2D eigenvalue weighted by Crippen LogP contribution is 2.14. The lowest BCUT2D eigenvalue weighted by Crippen LogP contribution is -2.24. The second-order valence-electron chi connectivity index (χ2n) is 4.81. The summed E-state index contributed by atoms with van der Waals surface area (Å²) in [5.41, 5.74) is 1.84. The summed E-state index contributed by atoms with van der Waals surface area (Å²) in [7, 11) is 0. The molecule has 0 fully saturated rings. The number of hydrogen-bond donors (Lipinski definition) is 2. The van der Waals surface area contributed by atoms with E-state index in [0.717, 1.165) is 12.1 Å². The SMILES string of the molecule is CCCNC(=O)c1cnc(Nc2ccc(C(C)=O)cc2)nc1. The maximum Gasteiger partial charge on any atom is 0.254 e. The van der Waals surface area contributed by atoms with Crippen LogP contribution < -0.4 is 10.6 Å². The number of amides is 1. The summed E-state index contributed by atoms with van der Waals surface area (Å²) in [6.45, 7) is 4.14. The van der Waals surface area contributed by atoms with Crippen LogP contribution in [0.1, 0.15) is 41.0 Å². The van der Waals surface area contributed by atoms with E-state index in [1.807, 2.05) is 6.92 Å². The van der Waals surface area contributed by atoms with E-state index in [9.17, 15) is 9.59 Å². The molecule has 2 aromatic rings. The van der Waals surface area contributed by atoms with E-state index in [2.05, 4.69) is 20.6 Å². The van der Waals surface area contributed by atoms with Gasteiger partial charge < -0.3 is 10.6 Å². The van der Waals surface area contributed by atoms with Gasteiger partial charge >= 0.3 is 0 Å². The van der Waals surface area contributed by atoms with E-state index in [-0.39, 0.29) is 11.7 Å². The van der Waals surface area contributed by atoms with Crippen LogP contribution in [0.15, 0.2) is 36.7 Å². The molecule has 1 aromatic carbocycles. The summed E-state index contributed by atoms with van der Waals surface area (Å²) in [5, 5.41) is 5.78. The molecule has 0 aliphatic carbocycles. The third kappa shape index (κ3) is 4.12. The molecule has 0 aliphatic heterocycles. The number of hydrogen-bond acceptors (Lipinski definition) is 5. The minimum atomic E-state index is -0.181. The Bertz CT molecular complexity index is 651. The summed E-state index contributed by atoms with van der Waals surface area (Å²) in [6.07, 6.45) is 3.83. The number of nitrogens with zero attached hydrogens (tertiary/aromatic N) is 2. The van der Waals surface area contributed by atoms with Gasteiger partial charge in [0.1, 0.15) is 0 Å². The second-order valence-corrected chi connectivity index (χ2v) is 4.81. The fraction of sp³-hybridized carbons (Fsp3) is 0.250. The molecule has 0 atom stereocenters. The first-order valence-electron chi connectivity index (χ1n) is 7.08. The number of anilines is 2. The number of Topliss-reactive ketones (excluding diaryl/α,β-unsaturated/α-hetero) is 1. The van der Waals surface area contributed by atoms with Crippen LogP contribution in [0.5, 0.6) is 0 Å². The van der Waals surface area contributed by atoms with Gasteiger partial charge in [-0.3, -0.25) is 9.59 Å². The lowest BCUT2D eigenvalue weighted by molar-refractivity contribution is 0.0952. The Labute approximate surface area is 129 Å². The molecular formula is C16H18N4O2. The van der Waals surface area contributed by atoms with Crippen molar-refractivity contribution in [3.05, 3.63) is 47.8 Å². The number of carbonyl (C=O) groups is 2. The first-order valence-corrected chi connectivity index (χ1v) is 7.08. The zero-order valence-electron chi connectivity index (χ0n) is 12.6. The van der Waals surface area contributed by atoms with Gasteiger partial charge in [0.2, 0.25) is 5.95 Å². The van der Waals surface area contributed by atoms with Crippen LogP contribution >= 0.6 is 0 Å². The van der Waals surface area contributed by atoms with Crippen molar-refractivity contribution in [1.82, 2.24) is 15.3 Å². The molecule has 114 valence electrons. The van der Waals surface area contributed by atoms with Gasteiger partial charge in [-0.1, -0.05) is 6.92 Å². The van der Waals surface area contributed by atoms with Crippen LogP contribution in [0.3, 0.4) is 0 Å². The number of rotatable bonds is 6. The van der Waals surface area contributed by atoms with Crippen molar-refractivity contribution in [1.29, 1.82) is 0 Å². The lowest BCUT2D eigenvalue weighted by Gasteiger charge is -2.06. The van der Waals surface area contributed by atoms with Gasteiger partial charge in [0.15, 0.2) is 5.78 Å². The van der Waals surface area contributed by atoms with Crippen LogP contribution in [0.2, 0.25) is 0 Å². The normalized spacial score (nSPS) is 10.1. The molecule has 2 N–H and O–H groups in total. The molecule has 0 unspecified atom stereocenters. The fourth-order valence-electron chi connectivity index (χ4n) is 1.77. The van der Waals surface area contributed by atoms with Crippen molar-refractivity contribution in [3.8, 4) is 0 Å². The predicted octanol–water partition coefficient (Wildman–Crippen LogP) is 2.56. The van der Waals surface area contributed by atoms with Crippen LogP contribution in [0.25, 0.3) is 0 Å². The lowest BCUT2D eigenvalue weighted by atomic mass is 10.1. The van der Waals surface area contributed by atoms with Crippen molar-refractivity contribution >= 4 is 23.3 Å². The number of benzene rings is 1. The van der Waals surface area contributed by atoms with E-state index >= 15 is 0 Å². The molecule has 0 spiro atoms. The quantitative estimate of drug-likeness (QED) is 0.801. The molecule has 0 bridgehead atoms. The van der Waals surface area contributed by atoms with Crippen molar-refractivity contribution in [2.45, 2.75) is 20.3 Å². The standard InChI is InChI=1S/C16H18N4O2/c1-3-8-17-15(22)13-9-18-16(19-10-13)20-14-6-4-12(5-7-14)11(2)21/h4-7,9-10H,3,8H2,1-2H3,(H,17,22)(H,18,19,20). The van der Waals surface area contributed by atoms with Crippen molar-refractivity contribution in [2.24, 2.45) is 0 Å². The summed E-state index contributed by atoms with van der Waals surface area (Å²) in [5.74, 6) is 0.229. The average Bonchev–Trinajstić information content (AvgIpc) is 2.54. The molecule has 0 saturated heterocycles. The molecular weight excluding hydrogens is 280 g/mol. The Morgan fingerprint density at radius 2 is 1.68 bits per heavy atom. The molecule has 2 rings (SSSR count). The van der Waals surface area contributed by atoms with E-state index < -0.39 is 0 Å². The van der Waals surface area contributed by atoms with Gasteiger partial charge in [-0.15, -0.1) is 0 Å². The maximum absolute atomic E-state index is 11.7. The largest absolute Gasteiger partial charge is 0.352 e. The maximum atomic E-state index is 11.7. The van der Waals surface area contributed by atoms with Crippen molar-refractivity contribution < 1.29 is 9.59 Å². The first-order chi connectivity index (χ1) is 10.6.